The molecule has 10 heteroatoms. The lowest BCUT2D eigenvalue weighted by Gasteiger charge is -2.35. The summed E-state index contributed by atoms with van der Waals surface area (Å²) in [6.07, 6.45) is 3.92. The highest BCUT2D eigenvalue weighted by Gasteiger charge is 2.45. The monoisotopic (exact) mass is 618 g/mol. The molecule has 3 atom stereocenters. The van der Waals surface area contributed by atoms with Crippen molar-refractivity contribution in [1.82, 2.24) is 19.8 Å². The number of aromatic nitrogens is 2. The van der Waals surface area contributed by atoms with Gasteiger partial charge in [-0.25, -0.2) is 4.79 Å². The number of benzene rings is 2. The Morgan fingerprint density at radius 3 is 2.64 bits per heavy atom. The number of likely N-dealkylation sites (N-methyl/N-ethyl adjacent to an activating group) is 1. The Bertz CT molecular complexity index is 1550. The number of hydrogen-bond acceptors (Lipinski definition) is 8. The third-order valence-corrected chi connectivity index (χ3v) is 10.1. The van der Waals surface area contributed by atoms with E-state index in [1.807, 2.05) is 37.8 Å². The third-order valence-electron chi connectivity index (χ3n) is 9.74. The number of rotatable bonds is 5. The maximum absolute atomic E-state index is 13.0. The van der Waals surface area contributed by atoms with Crippen LogP contribution in [0.15, 0.2) is 36.4 Å². The van der Waals surface area contributed by atoms with Crippen molar-refractivity contribution in [3.63, 3.8) is 0 Å². The molecule has 1 amide bonds. The number of nitrogens with zero attached hydrogens (tertiary/aromatic N) is 6. The van der Waals surface area contributed by atoms with Gasteiger partial charge in [0.05, 0.1) is 23.3 Å². The first kappa shape index (κ1) is 29.4. The predicted octanol–water partition coefficient (Wildman–Crippen LogP) is 5.76. The Labute approximate surface area is 265 Å². The van der Waals surface area contributed by atoms with Gasteiger partial charge in [0.1, 0.15) is 18.0 Å². The van der Waals surface area contributed by atoms with Crippen LogP contribution < -0.4 is 14.5 Å². The molecule has 3 saturated heterocycles. The van der Waals surface area contributed by atoms with Crippen molar-refractivity contribution in [2.24, 2.45) is 5.92 Å². The zero-order valence-electron chi connectivity index (χ0n) is 26.3. The highest BCUT2D eigenvalue weighted by Crippen LogP contribution is 2.40. The van der Waals surface area contributed by atoms with Crippen LogP contribution in [0, 0.1) is 5.92 Å². The normalized spacial score (nSPS) is 23.8. The molecule has 0 bridgehead atoms. The third kappa shape index (κ3) is 5.65. The Morgan fingerprint density at radius 1 is 1.05 bits per heavy atom. The molecule has 4 aliphatic rings. The molecule has 0 saturated carbocycles. The molecule has 0 aliphatic carbocycles. The van der Waals surface area contributed by atoms with Crippen molar-refractivity contribution in [2.75, 3.05) is 56.2 Å². The summed E-state index contributed by atoms with van der Waals surface area (Å²) >= 11 is 6.73. The van der Waals surface area contributed by atoms with Crippen LogP contribution >= 0.6 is 11.6 Å². The van der Waals surface area contributed by atoms with Crippen LogP contribution in [0.2, 0.25) is 5.02 Å². The highest BCUT2D eigenvalue weighted by atomic mass is 35.5. The van der Waals surface area contributed by atoms with Crippen LogP contribution in [0.3, 0.4) is 0 Å². The molecule has 3 fully saturated rings. The maximum Gasteiger partial charge on any atom is 0.410 e. The first-order valence-corrected chi connectivity index (χ1v) is 16.4. The lowest BCUT2D eigenvalue weighted by Crippen LogP contribution is -2.41. The maximum atomic E-state index is 13.0. The van der Waals surface area contributed by atoms with Gasteiger partial charge in [-0.1, -0.05) is 35.9 Å². The van der Waals surface area contributed by atoms with Crippen LogP contribution in [-0.2, 0) is 17.7 Å². The van der Waals surface area contributed by atoms with E-state index in [0.29, 0.717) is 37.7 Å². The van der Waals surface area contributed by atoms with E-state index in [0.717, 1.165) is 78.4 Å². The van der Waals surface area contributed by atoms with Crippen molar-refractivity contribution in [2.45, 2.75) is 70.7 Å². The zero-order chi connectivity index (χ0) is 30.6. The molecular weight excluding hydrogens is 576 g/mol. The number of carbonyl (C=O) groups excluding carboxylic acids is 1. The quantitative estimate of drug-likeness (QED) is 0.357. The second-order valence-corrected chi connectivity index (χ2v) is 14.2. The van der Waals surface area contributed by atoms with Crippen LogP contribution in [0.4, 0.5) is 16.3 Å². The van der Waals surface area contributed by atoms with E-state index >= 15 is 0 Å². The number of ether oxygens (including phenoxy) is 2. The lowest BCUT2D eigenvalue weighted by atomic mass is 10.0. The molecule has 0 spiro atoms. The Kier molecular flexibility index (Phi) is 7.73. The fourth-order valence-electron chi connectivity index (χ4n) is 7.50. The lowest BCUT2D eigenvalue weighted by molar-refractivity contribution is 0.0284. The molecule has 5 heterocycles. The van der Waals surface area contributed by atoms with Crippen molar-refractivity contribution >= 4 is 40.0 Å². The van der Waals surface area contributed by atoms with Gasteiger partial charge in [-0.15, -0.1) is 0 Å². The number of hydrogen-bond donors (Lipinski definition) is 0. The second-order valence-electron chi connectivity index (χ2n) is 13.8. The molecule has 4 aliphatic heterocycles. The SMILES string of the molecule is CN1CCC[C@H]1COc1nc2c(c(N3CC[C@@H]4CN(C(=O)OC(C)(C)C)C[C@@H]43)n1)CCN(c1cccc3cccc(Cl)c13)C2. The van der Waals surface area contributed by atoms with E-state index < -0.39 is 5.60 Å². The fourth-order valence-corrected chi connectivity index (χ4v) is 7.78. The van der Waals surface area contributed by atoms with Gasteiger partial charge in [-0.2, -0.15) is 9.97 Å². The van der Waals surface area contributed by atoms with E-state index in [1.165, 1.54) is 12.0 Å². The predicted molar refractivity (Wildman–Crippen MR) is 174 cm³/mol. The molecular formula is C34H43ClN6O3. The number of likely N-dealkylation sites (tertiary alicyclic amines) is 2. The summed E-state index contributed by atoms with van der Waals surface area (Å²) in [6, 6.07) is 13.5. The Balaban J connectivity index is 1.20. The van der Waals surface area contributed by atoms with Gasteiger partial charge >= 0.3 is 12.1 Å². The minimum Gasteiger partial charge on any atom is -0.462 e. The van der Waals surface area contributed by atoms with E-state index in [1.54, 1.807) is 0 Å². The number of amides is 1. The van der Waals surface area contributed by atoms with Gasteiger partial charge in [0.2, 0.25) is 0 Å². The molecule has 0 unspecified atom stereocenters. The fraction of sp³-hybridized carbons (Fsp3) is 0.559. The van der Waals surface area contributed by atoms with Crippen LogP contribution in [-0.4, -0.2) is 89.9 Å². The Morgan fingerprint density at radius 2 is 1.86 bits per heavy atom. The summed E-state index contributed by atoms with van der Waals surface area (Å²) in [6.45, 7) is 11.2. The number of halogens is 1. The molecule has 1 aromatic heterocycles. The molecule has 3 aromatic rings. The van der Waals surface area contributed by atoms with Crippen LogP contribution in [0.25, 0.3) is 10.8 Å². The minimum absolute atomic E-state index is 0.199. The van der Waals surface area contributed by atoms with Gasteiger partial charge < -0.3 is 29.1 Å². The second kappa shape index (κ2) is 11.6. The van der Waals surface area contributed by atoms with Crippen molar-refractivity contribution in [1.29, 1.82) is 0 Å². The van der Waals surface area contributed by atoms with E-state index in [-0.39, 0.29) is 12.1 Å². The standard InChI is InChI=1S/C34H43ClN6O3/c1-34(2,3)44-33(42)40-18-23-13-17-41(29(23)20-40)31-25-14-16-39(28-12-6-9-22-8-5-11-26(35)30(22)28)19-27(25)36-32(37-31)43-21-24-10-7-15-38(24)4/h5-6,8-9,11-12,23-24,29H,7,10,13-21H2,1-4H3/t23-,24+,29+/m1/s1. The molecule has 0 N–H and O–H groups in total. The van der Waals surface area contributed by atoms with Gasteiger partial charge in [0, 0.05) is 54.8 Å². The topological polar surface area (TPSA) is 74.3 Å². The summed E-state index contributed by atoms with van der Waals surface area (Å²) in [4.78, 5) is 32.2. The first-order valence-electron chi connectivity index (χ1n) is 16.0. The van der Waals surface area contributed by atoms with Crippen molar-refractivity contribution in [3.8, 4) is 6.01 Å². The highest BCUT2D eigenvalue weighted by molar-refractivity contribution is 6.36. The molecule has 44 heavy (non-hydrogen) atoms. The largest absolute Gasteiger partial charge is 0.462 e. The van der Waals surface area contributed by atoms with Crippen molar-refractivity contribution in [3.05, 3.63) is 52.7 Å². The number of carbonyl (C=O) groups is 1. The van der Waals surface area contributed by atoms with Gasteiger partial charge in [-0.3, -0.25) is 0 Å². The Hall–Kier alpha value is -3.30. The van der Waals surface area contributed by atoms with Crippen LogP contribution in [0.1, 0.15) is 51.3 Å². The zero-order valence-corrected chi connectivity index (χ0v) is 27.0. The van der Waals surface area contributed by atoms with E-state index in [4.69, 9.17) is 31.0 Å². The first-order chi connectivity index (χ1) is 21.1. The summed E-state index contributed by atoms with van der Waals surface area (Å²) < 4.78 is 12.1. The summed E-state index contributed by atoms with van der Waals surface area (Å²) in [5.74, 6) is 1.36. The smallest absolute Gasteiger partial charge is 0.410 e. The number of anilines is 2. The summed E-state index contributed by atoms with van der Waals surface area (Å²) in [5.41, 5.74) is 2.80. The molecule has 7 rings (SSSR count). The minimum atomic E-state index is -0.514. The van der Waals surface area contributed by atoms with E-state index in [2.05, 4.69) is 46.0 Å². The van der Waals surface area contributed by atoms with Gasteiger partial charge in [0.15, 0.2) is 0 Å². The molecule has 234 valence electrons. The van der Waals surface area contributed by atoms with Crippen LogP contribution in [0.5, 0.6) is 6.01 Å². The average Bonchev–Trinajstić information content (AvgIpc) is 3.70. The molecule has 9 nitrogen and oxygen atoms in total. The van der Waals surface area contributed by atoms with E-state index in [9.17, 15) is 4.79 Å². The number of fused-ring (bicyclic) bond motifs is 3. The summed E-state index contributed by atoms with van der Waals surface area (Å²) in [5, 5.41) is 2.97. The van der Waals surface area contributed by atoms with Gasteiger partial charge in [0.25, 0.3) is 0 Å². The summed E-state index contributed by atoms with van der Waals surface area (Å²) in [7, 11) is 2.16. The average molecular weight is 619 g/mol. The molecule has 0 radical (unpaired) electrons. The molecule has 2 aromatic carbocycles. The van der Waals surface area contributed by atoms with Crippen molar-refractivity contribution < 1.29 is 14.3 Å². The van der Waals surface area contributed by atoms with Gasteiger partial charge in [-0.05, 0) is 77.6 Å².